The molecule has 0 spiro atoms. The zero-order valence-corrected chi connectivity index (χ0v) is 59.6. The summed E-state index contributed by atoms with van der Waals surface area (Å²) in [7, 11) is 0. The van der Waals surface area contributed by atoms with E-state index in [0.29, 0.717) is 0 Å². The van der Waals surface area contributed by atoms with Gasteiger partial charge in [0.05, 0.1) is 0 Å². The number of rotatable bonds is 33. The minimum atomic E-state index is -0.154. The molecule has 0 fully saturated rings. The van der Waals surface area contributed by atoms with Crippen LogP contribution in [0.2, 0.25) is 0 Å². The van der Waals surface area contributed by atoms with Crippen LogP contribution >= 0.6 is 0 Å². The molecule has 95 heavy (non-hydrogen) atoms. The van der Waals surface area contributed by atoms with Crippen molar-refractivity contribution in [2.75, 3.05) is 5.32 Å². The molecule has 4 aliphatic rings. The summed E-state index contributed by atoms with van der Waals surface area (Å²) in [5.41, 5.74) is 33.3. The van der Waals surface area contributed by atoms with Crippen molar-refractivity contribution in [3.8, 4) is 77.9 Å². The third kappa shape index (κ3) is 13.0. The summed E-state index contributed by atoms with van der Waals surface area (Å²) >= 11 is 0. The van der Waals surface area contributed by atoms with Crippen LogP contribution in [0, 0.1) is 0 Å². The lowest BCUT2D eigenvalue weighted by Gasteiger charge is -2.33. The van der Waals surface area contributed by atoms with Crippen molar-refractivity contribution in [1.29, 1.82) is 0 Å². The first-order valence-corrected chi connectivity index (χ1v) is 38.4. The lowest BCUT2D eigenvalue weighted by Crippen LogP contribution is -2.25. The average molecular weight is 1250 g/mol. The van der Waals surface area contributed by atoms with Gasteiger partial charge in [-0.15, -0.1) is 0 Å². The third-order valence-corrected chi connectivity index (χ3v) is 23.9. The Labute approximate surface area is 574 Å². The van der Waals surface area contributed by atoms with Crippen LogP contribution in [0.1, 0.15) is 280 Å². The van der Waals surface area contributed by atoms with Gasteiger partial charge in [-0.25, -0.2) is 0 Å². The van der Waals surface area contributed by atoms with Crippen molar-refractivity contribution in [3.63, 3.8) is 0 Å². The van der Waals surface area contributed by atoms with E-state index in [1.165, 1.54) is 280 Å². The van der Waals surface area contributed by atoms with Crippen molar-refractivity contribution >= 4 is 11.4 Å². The molecule has 13 rings (SSSR count). The summed E-state index contributed by atoms with van der Waals surface area (Å²) in [6.07, 6.45) is 37.0. The van der Waals surface area contributed by atoms with E-state index >= 15 is 0 Å². The summed E-state index contributed by atoms with van der Waals surface area (Å²) in [5.74, 6) is 0. The summed E-state index contributed by atoms with van der Waals surface area (Å²) in [6.45, 7) is 19.1. The molecule has 0 aromatic heterocycles. The van der Waals surface area contributed by atoms with Gasteiger partial charge in [0.1, 0.15) is 0 Å². The lowest BCUT2D eigenvalue weighted by molar-refractivity contribution is 0.398. The van der Waals surface area contributed by atoms with Crippen molar-refractivity contribution < 1.29 is 0 Å². The number of hydrogen-bond donors (Lipinski definition) is 1. The monoisotopic (exact) mass is 1250 g/mol. The molecule has 0 aliphatic heterocycles. The summed E-state index contributed by atoms with van der Waals surface area (Å²) in [5, 5.41) is 3.85. The molecule has 4 aliphatic carbocycles. The largest absolute Gasteiger partial charge is 0.356 e. The van der Waals surface area contributed by atoms with Gasteiger partial charge in [-0.2, -0.15) is 0 Å². The van der Waals surface area contributed by atoms with E-state index in [4.69, 9.17) is 0 Å². The van der Waals surface area contributed by atoms with Gasteiger partial charge < -0.3 is 5.32 Å². The first-order chi connectivity index (χ1) is 46.4. The Morgan fingerprint density at radius 1 is 0.221 bits per heavy atom. The van der Waals surface area contributed by atoms with Crippen LogP contribution < -0.4 is 5.32 Å². The maximum Gasteiger partial charge on any atom is 0.0387 e. The topological polar surface area (TPSA) is 12.0 Å². The molecule has 0 unspecified atom stereocenters. The Balaban J connectivity index is 0.712. The van der Waals surface area contributed by atoms with E-state index in [1.807, 2.05) is 0 Å². The van der Waals surface area contributed by atoms with E-state index < -0.39 is 0 Å². The zero-order chi connectivity index (χ0) is 65.6. The molecule has 1 nitrogen and oxygen atoms in total. The van der Waals surface area contributed by atoms with E-state index in [-0.39, 0.29) is 21.7 Å². The normalized spacial score (nSPS) is 15.0. The molecule has 9 aromatic rings. The molecule has 0 atom stereocenters. The second kappa shape index (κ2) is 29.2. The highest BCUT2D eigenvalue weighted by Gasteiger charge is 2.45. The number of benzene rings is 9. The number of hydrogen-bond acceptors (Lipinski definition) is 1. The molecule has 0 heterocycles. The van der Waals surface area contributed by atoms with Crippen LogP contribution in [0.15, 0.2) is 182 Å². The average Bonchev–Trinajstić information content (AvgIpc) is 1.59. The molecule has 9 aromatic carbocycles. The van der Waals surface area contributed by atoms with Crippen molar-refractivity contribution in [2.45, 2.75) is 257 Å². The summed E-state index contributed by atoms with van der Waals surface area (Å²) in [6, 6.07) is 72.3. The minimum Gasteiger partial charge on any atom is -0.356 e. The molecule has 0 saturated heterocycles. The zero-order valence-electron chi connectivity index (χ0n) is 59.6. The highest BCUT2D eigenvalue weighted by Crippen LogP contribution is 2.59. The number of nitrogens with one attached hydrogen (secondary N) is 1. The molecule has 0 radical (unpaired) electrons. The van der Waals surface area contributed by atoms with Crippen LogP contribution in [0.3, 0.4) is 0 Å². The van der Waals surface area contributed by atoms with E-state index in [1.54, 1.807) is 22.3 Å². The minimum absolute atomic E-state index is 0.0685. The van der Waals surface area contributed by atoms with Gasteiger partial charge in [-0.3, -0.25) is 0 Å². The second-order valence-electron chi connectivity index (χ2n) is 30.8. The van der Waals surface area contributed by atoms with E-state index in [9.17, 15) is 0 Å². The molecule has 492 valence electrons. The molecule has 1 N–H and O–H groups in total. The van der Waals surface area contributed by atoms with Crippen molar-refractivity contribution in [3.05, 3.63) is 226 Å². The quantitative estimate of drug-likeness (QED) is 0.0404. The predicted octanol–water partition coefficient (Wildman–Crippen LogP) is 28.6. The molecule has 0 amide bonds. The second-order valence-corrected chi connectivity index (χ2v) is 30.8. The Hall–Kier alpha value is -7.22. The molecule has 0 saturated carbocycles. The number of unbranched alkanes of at least 4 members (excludes halogenated alkanes) is 20. The Kier molecular flexibility index (Phi) is 20.4. The van der Waals surface area contributed by atoms with Crippen molar-refractivity contribution in [2.24, 2.45) is 0 Å². The van der Waals surface area contributed by atoms with Gasteiger partial charge in [0.2, 0.25) is 0 Å². The van der Waals surface area contributed by atoms with Crippen LogP contribution in [-0.4, -0.2) is 0 Å². The maximum atomic E-state index is 3.85. The van der Waals surface area contributed by atoms with Gasteiger partial charge in [0.15, 0.2) is 0 Å². The fourth-order valence-corrected chi connectivity index (χ4v) is 18.4. The first-order valence-electron chi connectivity index (χ1n) is 38.4. The third-order valence-electron chi connectivity index (χ3n) is 23.9. The highest BCUT2D eigenvalue weighted by atomic mass is 14.9. The first kappa shape index (κ1) is 66.4. The van der Waals surface area contributed by atoms with Gasteiger partial charge in [-0.05, 0) is 203 Å². The van der Waals surface area contributed by atoms with Gasteiger partial charge in [0, 0.05) is 33.0 Å². The Bertz CT molecular complexity index is 4090. The van der Waals surface area contributed by atoms with Gasteiger partial charge in [0.25, 0.3) is 0 Å². The Morgan fingerprint density at radius 3 is 0.832 bits per heavy atom. The summed E-state index contributed by atoms with van der Waals surface area (Å²) < 4.78 is 0. The van der Waals surface area contributed by atoms with Crippen LogP contribution in [0.4, 0.5) is 11.4 Å². The standard InChI is InChI=1S/C94H111N/c1-9-13-17-21-25-33-57-93(58-34-26-22-18-14-10-2)83-39-31-29-37-75(83)81-54-46-71(64-89(81)93)69-44-52-78-77-51-43-68(61-85(77)91(5,6)86(78)62-69)67-41-48-73(49-42-67)95-74-50-56-80-79-53-45-70(63-87(79)92(7,8)88(80)66-74)72-47-55-82-76-38-30-32-40-84(76)94(90(82)65-72,59-35-27-23-19-15-11-3)60-36-28-24-20-16-12-4/h29-32,37-56,61-66,95H,9-28,33-36,57-60H2,1-8H3. The molecule has 0 bridgehead atoms. The number of fused-ring (bicyclic) bond motifs is 12. The van der Waals surface area contributed by atoms with Crippen LogP contribution in [-0.2, 0) is 21.7 Å². The fourth-order valence-electron chi connectivity index (χ4n) is 18.4. The van der Waals surface area contributed by atoms with Gasteiger partial charge >= 0.3 is 0 Å². The lowest BCUT2D eigenvalue weighted by atomic mass is 9.70. The SMILES string of the molecule is CCCCCCCCC1(CCCCCCCC)c2ccccc2-c2ccc(-c3ccc4c(c3)C(C)(C)c3cc(Nc5ccc(-c6ccc7c(c6)C(C)(C)c6cc(-c8ccc9c(c8)C(CCCCCCCC)(CCCCCCCC)c8ccccc8-9)ccc6-7)cc5)ccc3-4)cc21. The molecular formula is C94H111N. The van der Waals surface area contributed by atoms with Crippen LogP contribution in [0.5, 0.6) is 0 Å². The van der Waals surface area contributed by atoms with Crippen LogP contribution in [0.25, 0.3) is 77.9 Å². The Morgan fingerprint density at radius 2 is 0.474 bits per heavy atom. The van der Waals surface area contributed by atoms with Crippen molar-refractivity contribution in [1.82, 2.24) is 0 Å². The number of anilines is 2. The molecular weight excluding hydrogens is 1140 g/mol. The predicted molar refractivity (Wildman–Crippen MR) is 412 cm³/mol. The highest BCUT2D eigenvalue weighted by molar-refractivity contribution is 5.90. The van der Waals surface area contributed by atoms with E-state index in [2.05, 4.69) is 243 Å². The smallest absolute Gasteiger partial charge is 0.0387 e. The van der Waals surface area contributed by atoms with Gasteiger partial charge in [-0.1, -0.05) is 337 Å². The summed E-state index contributed by atoms with van der Waals surface area (Å²) in [4.78, 5) is 0. The maximum absolute atomic E-state index is 3.85. The fraction of sp³-hybridized carbons (Fsp3) is 0.426. The molecule has 1 heteroatoms. The van der Waals surface area contributed by atoms with E-state index in [0.717, 1.165) is 11.4 Å².